The summed E-state index contributed by atoms with van der Waals surface area (Å²) in [4.78, 5) is 33.2. The van der Waals surface area contributed by atoms with Gasteiger partial charge in [0.05, 0.1) is 11.1 Å². The molecule has 3 heterocycles. The van der Waals surface area contributed by atoms with Gasteiger partial charge in [0.2, 0.25) is 5.91 Å². The van der Waals surface area contributed by atoms with Crippen molar-refractivity contribution < 1.29 is 4.79 Å². The van der Waals surface area contributed by atoms with Crippen LogP contribution in [0.15, 0.2) is 52.4 Å². The highest BCUT2D eigenvalue weighted by Gasteiger charge is 2.22. The minimum Gasteiger partial charge on any atom is -0.341 e. The molecular formula is C28H28N4O2S2. The van der Waals surface area contributed by atoms with Crippen molar-refractivity contribution in [2.24, 2.45) is 0 Å². The molecule has 0 saturated carbocycles. The maximum atomic E-state index is 13.3. The molecule has 1 aliphatic carbocycles. The van der Waals surface area contributed by atoms with Gasteiger partial charge in [0.15, 0.2) is 5.16 Å². The predicted octanol–water partition coefficient (Wildman–Crippen LogP) is 6.22. The number of rotatable bonds is 6. The number of amides is 1. The van der Waals surface area contributed by atoms with Crippen LogP contribution in [0, 0.1) is 0 Å². The van der Waals surface area contributed by atoms with E-state index >= 15 is 0 Å². The van der Waals surface area contributed by atoms with E-state index < -0.39 is 0 Å². The molecule has 1 amide bonds. The molecule has 2 aromatic carbocycles. The molecule has 1 N–H and O–H groups in total. The van der Waals surface area contributed by atoms with Gasteiger partial charge in [-0.15, -0.1) is 11.3 Å². The van der Waals surface area contributed by atoms with Crippen molar-refractivity contribution in [3.63, 3.8) is 0 Å². The van der Waals surface area contributed by atoms with Crippen LogP contribution in [0.25, 0.3) is 32.0 Å². The van der Waals surface area contributed by atoms with Gasteiger partial charge in [-0.25, -0.2) is 4.98 Å². The number of para-hydroxylation sites is 1. The van der Waals surface area contributed by atoms with Crippen LogP contribution in [0.5, 0.6) is 0 Å². The SMILES string of the molecule is CCn1c(SCC(=O)Nc2ccc3c(c2)c2ccccc2n3CC)nc2sc3c(c2c1=O)CCCC3. The summed E-state index contributed by atoms with van der Waals surface area (Å²) in [5.41, 5.74) is 4.37. The summed E-state index contributed by atoms with van der Waals surface area (Å²) in [5, 5.41) is 6.77. The lowest BCUT2D eigenvalue weighted by Crippen LogP contribution is -2.24. The Morgan fingerprint density at radius 2 is 1.81 bits per heavy atom. The molecule has 6 nitrogen and oxygen atoms in total. The maximum absolute atomic E-state index is 13.3. The van der Waals surface area contributed by atoms with Crippen molar-refractivity contribution in [2.45, 2.75) is 57.8 Å². The third-order valence-electron chi connectivity index (χ3n) is 7.06. The van der Waals surface area contributed by atoms with Crippen molar-refractivity contribution in [1.82, 2.24) is 14.1 Å². The van der Waals surface area contributed by atoms with Crippen LogP contribution in [-0.2, 0) is 30.7 Å². The Kier molecular flexibility index (Phi) is 6.09. The minimum atomic E-state index is -0.110. The van der Waals surface area contributed by atoms with Gasteiger partial charge in [0.25, 0.3) is 5.56 Å². The number of fused-ring (bicyclic) bond motifs is 6. The Labute approximate surface area is 217 Å². The molecule has 0 spiro atoms. The van der Waals surface area contributed by atoms with E-state index in [1.54, 1.807) is 15.9 Å². The first-order chi connectivity index (χ1) is 17.6. The van der Waals surface area contributed by atoms with Gasteiger partial charge in [-0.1, -0.05) is 30.0 Å². The average Bonchev–Trinajstić information content (AvgIpc) is 3.42. The van der Waals surface area contributed by atoms with Gasteiger partial charge in [-0.05, 0) is 69.4 Å². The molecule has 8 heteroatoms. The molecule has 184 valence electrons. The van der Waals surface area contributed by atoms with Crippen molar-refractivity contribution in [3.8, 4) is 0 Å². The molecular weight excluding hydrogens is 488 g/mol. The normalized spacial score (nSPS) is 13.5. The molecule has 0 aliphatic heterocycles. The quantitative estimate of drug-likeness (QED) is 0.215. The summed E-state index contributed by atoms with van der Waals surface area (Å²) in [6, 6.07) is 14.4. The number of nitrogens with zero attached hydrogens (tertiary/aromatic N) is 3. The minimum absolute atomic E-state index is 0.0302. The number of benzene rings is 2. The summed E-state index contributed by atoms with van der Waals surface area (Å²) in [6.07, 6.45) is 4.31. The lowest BCUT2D eigenvalue weighted by molar-refractivity contribution is -0.113. The Morgan fingerprint density at radius 1 is 1.03 bits per heavy atom. The number of aromatic nitrogens is 3. The van der Waals surface area contributed by atoms with Crippen LogP contribution < -0.4 is 10.9 Å². The third kappa shape index (κ3) is 3.83. The largest absolute Gasteiger partial charge is 0.341 e. The summed E-state index contributed by atoms with van der Waals surface area (Å²) >= 11 is 2.98. The fourth-order valence-electron chi connectivity index (χ4n) is 5.41. The van der Waals surface area contributed by atoms with E-state index in [4.69, 9.17) is 4.98 Å². The summed E-state index contributed by atoms with van der Waals surface area (Å²) in [5.74, 6) is 0.0821. The summed E-state index contributed by atoms with van der Waals surface area (Å²) in [7, 11) is 0. The Bertz CT molecular complexity index is 1700. The number of aryl methyl sites for hydroxylation is 3. The van der Waals surface area contributed by atoms with E-state index in [0.29, 0.717) is 11.7 Å². The van der Waals surface area contributed by atoms with E-state index in [1.807, 2.05) is 19.1 Å². The Morgan fingerprint density at radius 3 is 2.64 bits per heavy atom. The highest BCUT2D eigenvalue weighted by atomic mass is 32.2. The van der Waals surface area contributed by atoms with Gasteiger partial charge in [0, 0.05) is 45.5 Å². The number of hydrogen-bond donors (Lipinski definition) is 1. The first-order valence-corrected chi connectivity index (χ1v) is 14.4. The third-order valence-corrected chi connectivity index (χ3v) is 9.22. The van der Waals surface area contributed by atoms with Gasteiger partial charge in [0.1, 0.15) is 4.83 Å². The van der Waals surface area contributed by atoms with Crippen molar-refractivity contribution in [2.75, 3.05) is 11.1 Å². The van der Waals surface area contributed by atoms with Crippen LogP contribution in [0.3, 0.4) is 0 Å². The highest BCUT2D eigenvalue weighted by Crippen LogP contribution is 2.35. The van der Waals surface area contributed by atoms with Crippen LogP contribution in [0.2, 0.25) is 0 Å². The number of thioether (sulfide) groups is 1. The average molecular weight is 517 g/mol. The van der Waals surface area contributed by atoms with E-state index in [0.717, 1.165) is 52.6 Å². The van der Waals surface area contributed by atoms with Crippen LogP contribution in [0.4, 0.5) is 5.69 Å². The first-order valence-electron chi connectivity index (χ1n) is 12.6. The van der Waals surface area contributed by atoms with Gasteiger partial charge < -0.3 is 9.88 Å². The number of thiophene rings is 1. The molecule has 1 aliphatic rings. The van der Waals surface area contributed by atoms with Crippen LogP contribution in [-0.4, -0.2) is 25.8 Å². The van der Waals surface area contributed by atoms with E-state index in [-0.39, 0.29) is 17.2 Å². The molecule has 36 heavy (non-hydrogen) atoms. The molecule has 0 atom stereocenters. The lowest BCUT2D eigenvalue weighted by Gasteiger charge is -2.12. The second-order valence-electron chi connectivity index (χ2n) is 9.17. The fraction of sp³-hybridized carbons (Fsp3) is 0.321. The number of carbonyl (C=O) groups is 1. The number of nitrogens with one attached hydrogen (secondary N) is 1. The second kappa shape index (κ2) is 9.41. The van der Waals surface area contributed by atoms with E-state index in [2.05, 4.69) is 47.1 Å². The molecule has 0 radical (unpaired) electrons. The Balaban J connectivity index is 1.25. The van der Waals surface area contributed by atoms with Gasteiger partial charge in [-0.2, -0.15) is 0 Å². The highest BCUT2D eigenvalue weighted by molar-refractivity contribution is 7.99. The van der Waals surface area contributed by atoms with E-state index in [1.165, 1.54) is 39.5 Å². The molecule has 0 bridgehead atoms. The predicted molar refractivity (Wildman–Crippen MR) is 151 cm³/mol. The van der Waals surface area contributed by atoms with Gasteiger partial charge in [-0.3, -0.25) is 14.2 Å². The van der Waals surface area contributed by atoms with Crippen LogP contribution in [0.1, 0.15) is 37.1 Å². The number of hydrogen-bond acceptors (Lipinski definition) is 5. The lowest BCUT2D eigenvalue weighted by atomic mass is 9.97. The van der Waals surface area contributed by atoms with E-state index in [9.17, 15) is 9.59 Å². The molecule has 6 rings (SSSR count). The monoisotopic (exact) mass is 516 g/mol. The first kappa shape index (κ1) is 23.3. The summed E-state index contributed by atoms with van der Waals surface area (Å²) in [6.45, 7) is 5.52. The topological polar surface area (TPSA) is 68.9 Å². The van der Waals surface area contributed by atoms with Gasteiger partial charge >= 0.3 is 0 Å². The summed E-state index contributed by atoms with van der Waals surface area (Å²) < 4.78 is 4.01. The van der Waals surface area contributed by atoms with Crippen molar-refractivity contribution >= 4 is 66.7 Å². The molecule has 0 saturated heterocycles. The van der Waals surface area contributed by atoms with Crippen LogP contribution >= 0.6 is 23.1 Å². The van der Waals surface area contributed by atoms with Crippen molar-refractivity contribution in [3.05, 3.63) is 63.3 Å². The second-order valence-corrected chi connectivity index (χ2v) is 11.2. The molecule has 5 aromatic rings. The van der Waals surface area contributed by atoms with Crippen molar-refractivity contribution in [1.29, 1.82) is 0 Å². The maximum Gasteiger partial charge on any atom is 0.263 e. The standard InChI is InChI=1S/C28H28N4O2S2/c1-3-31-21-11-7-5-9-18(21)20-15-17(13-14-22(20)31)29-24(33)16-35-28-30-26-25(27(34)32(28)4-2)19-10-6-8-12-23(19)36-26/h5,7,9,11,13-15H,3-4,6,8,10,12,16H2,1-2H3,(H,29,33). The fourth-order valence-corrected chi connectivity index (χ4v) is 7.57. The number of anilines is 1. The Hall–Kier alpha value is -3.10. The zero-order valence-electron chi connectivity index (χ0n) is 20.5. The number of carbonyl (C=O) groups excluding carboxylic acids is 1. The zero-order valence-corrected chi connectivity index (χ0v) is 22.1. The molecule has 0 unspecified atom stereocenters. The molecule has 0 fully saturated rings. The smallest absolute Gasteiger partial charge is 0.263 e. The molecule has 3 aromatic heterocycles. The zero-order chi connectivity index (χ0) is 24.8.